The third kappa shape index (κ3) is 5.83. The van der Waals surface area contributed by atoms with Crippen molar-refractivity contribution in [3.63, 3.8) is 0 Å². The summed E-state index contributed by atoms with van der Waals surface area (Å²) >= 11 is 1.59. The molecule has 0 spiro atoms. The molecular formula is C23H27FN2O3S. The van der Waals surface area contributed by atoms with Crippen LogP contribution in [0, 0.1) is 5.82 Å². The first kappa shape index (κ1) is 22.3. The second kappa shape index (κ2) is 10.6. The third-order valence-corrected chi connectivity index (χ3v) is 5.53. The fourth-order valence-corrected chi connectivity index (χ4v) is 4.04. The van der Waals surface area contributed by atoms with E-state index in [1.54, 1.807) is 43.0 Å². The molecule has 0 saturated carbocycles. The fourth-order valence-electron chi connectivity index (χ4n) is 3.05. The largest absolute Gasteiger partial charge is 0.462 e. The number of halogens is 1. The van der Waals surface area contributed by atoms with Gasteiger partial charge in [0.2, 0.25) is 0 Å². The molecule has 0 aliphatic heterocycles. The minimum atomic E-state index is -0.347. The summed E-state index contributed by atoms with van der Waals surface area (Å²) in [6, 6.07) is 12.0. The Labute approximate surface area is 180 Å². The minimum Gasteiger partial charge on any atom is -0.462 e. The lowest BCUT2D eigenvalue weighted by Gasteiger charge is -2.11. The number of benzene rings is 2. The molecule has 5 nitrogen and oxygen atoms in total. The van der Waals surface area contributed by atoms with Gasteiger partial charge in [0.25, 0.3) is 0 Å². The van der Waals surface area contributed by atoms with Crippen molar-refractivity contribution < 1.29 is 18.7 Å². The Hall–Kier alpha value is -2.38. The first-order chi connectivity index (χ1) is 14.5. The van der Waals surface area contributed by atoms with Gasteiger partial charge in [-0.15, -0.1) is 0 Å². The van der Waals surface area contributed by atoms with Gasteiger partial charge >= 0.3 is 5.97 Å². The maximum atomic E-state index is 13.2. The van der Waals surface area contributed by atoms with Crippen molar-refractivity contribution >= 4 is 28.8 Å². The van der Waals surface area contributed by atoms with Crippen LogP contribution in [0.1, 0.15) is 43.1 Å². The summed E-state index contributed by atoms with van der Waals surface area (Å²) in [6.45, 7) is 7.59. The molecule has 0 fully saturated rings. The number of ether oxygens (including phenoxy) is 2. The van der Waals surface area contributed by atoms with E-state index in [0.29, 0.717) is 24.5 Å². The van der Waals surface area contributed by atoms with E-state index in [1.807, 2.05) is 19.9 Å². The van der Waals surface area contributed by atoms with Crippen LogP contribution in [0.4, 0.5) is 4.39 Å². The Kier molecular flexibility index (Phi) is 7.87. The molecule has 2 aromatic carbocycles. The van der Waals surface area contributed by atoms with Crippen LogP contribution in [-0.4, -0.2) is 34.8 Å². The summed E-state index contributed by atoms with van der Waals surface area (Å²) in [4.78, 5) is 16.8. The van der Waals surface area contributed by atoms with Crippen LogP contribution in [-0.2, 0) is 21.8 Å². The fraction of sp³-hybridized carbons (Fsp3) is 0.391. The number of hydrogen-bond donors (Lipinski definition) is 0. The molecule has 0 radical (unpaired) electrons. The predicted octanol–water partition coefficient (Wildman–Crippen LogP) is 5.46. The molecule has 0 amide bonds. The van der Waals surface area contributed by atoms with E-state index in [2.05, 4.69) is 4.57 Å². The number of aromatic nitrogens is 2. The molecule has 7 heteroatoms. The number of nitrogens with zero attached hydrogens (tertiary/aromatic N) is 2. The van der Waals surface area contributed by atoms with E-state index in [0.717, 1.165) is 34.7 Å². The predicted molar refractivity (Wildman–Crippen MR) is 117 cm³/mol. The molecule has 3 aromatic rings. The normalized spacial score (nSPS) is 11.4. The summed E-state index contributed by atoms with van der Waals surface area (Å²) in [5, 5.41) is 0.861. The molecule has 0 aliphatic rings. The number of imidazole rings is 1. The van der Waals surface area contributed by atoms with Crippen molar-refractivity contribution in [1.29, 1.82) is 0 Å². The number of fused-ring (bicyclic) bond motifs is 1. The van der Waals surface area contributed by atoms with Crippen molar-refractivity contribution in [3.05, 3.63) is 59.4 Å². The van der Waals surface area contributed by atoms with Crippen molar-refractivity contribution in [2.75, 3.05) is 13.2 Å². The molecule has 1 heterocycles. The minimum absolute atomic E-state index is 0.198. The average molecular weight is 431 g/mol. The summed E-state index contributed by atoms with van der Waals surface area (Å²) in [5.74, 6) is 0.0871. The highest BCUT2D eigenvalue weighted by Gasteiger charge is 2.15. The molecule has 160 valence electrons. The SMILES string of the molecule is CCOC(=O)c1ccc2c(c1)nc(SCc1ccc(F)cc1)n2CCCOC(C)C. The Morgan fingerprint density at radius 2 is 1.97 bits per heavy atom. The number of carbonyl (C=O) groups excluding carboxylic acids is 1. The van der Waals surface area contributed by atoms with Crippen LogP contribution < -0.4 is 0 Å². The van der Waals surface area contributed by atoms with Crippen LogP contribution in [0.15, 0.2) is 47.6 Å². The molecule has 30 heavy (non-hydrogen) atoms. The van der Waals surface area contributed by atoms with Gasteiger partial charge in [-0.2, -0.15) is 0 Å². The van der Waals surface area contributed by atoms with Gasteiger partial charge in [0.05, 0.1) is 29.3 Å². The van der Waals surface area contributed by atoms with Crippen molar-refractivity contribution in [2.24, 2.45) is 0 Å². The zero-order chi connectivity index (χ0) is 21.5. The van der Waals surface area contributed by atoms with Gasteiger partial charge in [0, 0.05) is 18.9 Å². The van der Waals surface area contributed by atoms with Crippen molar-refractivity contribution in [2.45, 2.75) is 50.8 Å². The van der Waals surface area contributed by atoms with Crippen LogP contribution in [0.25, 0.3) is 11.0 Å². The molecule has 3 rings (SSSR count). The number of carbonyl (C=O) groups is 1. The van der Waals surface area contributed by atoms with Crippen LogP contribution in [0.2, 0.25) is 0 Å². The summed E-state index contributed by atoms with van der Waals surface area (Å²) in [7, 11) is 0. The number of esters is 1. The van der Waals surface area contributed by atoms with Crippen molar-refractivity contribution in [1.82, 2.24) is 9.55 Å². The highest BCUT2D eigenvalue weighted by molar-refractivity contribution is 7.98. The van der Waals surface area contributed by atoms with E-state index >= 15 is 0 Å². The lowest BCUT2D eigenvalue weighted by molar-refractivity contribution is 0.0526. The smallest absolute Gasteiger partial charge is 0.338 e. The van der Waals surface area contributed by atoms with E-state index < -0.39 is 0 Å². The van der Waals surface area contributed by atoms with E-state index in [4.69, 9.17) is 14.5 Å². The van der Waals surface area contributed by atoms with Crippen LogP contribution >= 0.6 is 11.8 Å². The average Bonchev–Trinajstić information content (AvgIpc) is 3.07. The Balaban J connectivity index is 1.84. The summed E-state index contributed by atoms with van der Waals surface area (Å²) in [6.07, 6.45) is 1.05. The molecule has 0 atom stereocenters. The zero-order valence-electron chi connectivity index (χ0n) is 17.6. The lowest BCUT2D eigenvalue weighted by Crippen LogP contribution is -2.08. The Morgan fingerprint density at radius 3 is 2.67 bits per heavy atom. The molecule has 0 saturated heterocycles. The maximum Gasteiger partial charge on any atom is 0.338 e. The zero-order valence-corrected chi connectivity index (χ0v) is 18.4. The van der Waals surface area contributed by atoms with Crippen molar-refractivity contribution in [3.8, 4) is 0 Å². The van der Waals surface area contributed by atoms with Crippen LogP contribution in [0.5, 0.6) is 0 Å². The first-order valence-corrected chi connectivity index (χ1v) is 11.1. The second-order valence-corrected chi connectivity index (χ2v) is 8.10. The topological polar surface area (TPSA) is 53.3 Å². The molecule has 0 unspecified atom stereocenters. The number of aryl methyl sites for hydroxylation is 1. The molecule has 1 aromatic heterocycles. The summed E-state index contributed by atoms with van der Waals surface area (Å²) in [5.41, 5.74) is 3.24. The van der Waals surface area contributed by atoms with E-state index in [-0.39, 0.29) is 17.9 Å². The maximum absolute atomic E-state index is 13.2. The van der Waals surface area contributed by atoms with Gasteiger partial charge in [0.1, 0.15) is 5.82 Å². The van der Waals surface area contributed by atoms with Gasteiger partial charge in [-0.05, 0) is 63.1 Å². The van der Waals surface area contributed by atoms with E-state index in [1.165, 1.54) is 12.1 Å². The molecule has 0 bridgehead atoms. The summed E-state index contributed by atoms with van der Waals surface area (Å²) < 4.78 is 26.1. The number of rotatable bonds is 10. The second-order valence-electron chi connectivity index (χ2n) is 7.16. The molecule has 0 aliphatic carbocycles. The number of thioether (sulfide) groups is 1. The van der Waals surface area contributed by atoms with Gasteiger partial charge in [-0.3, -0.25) is 0 Å². The Bertz CT molecular complexity index is 986. The van der Waals surface area contributed by atoms with Gasteiger partial charge in [-0.25, -0.2) is 14.2 Å². The van der Waals surface area contributed by atoms with Gasteiger partial charge in [-0.1, -0.05) is 23.9 Å². The highest BCUT2D eigenvalue weighted by atomic mass is 32.2. The van der Waals surface area contributed by atoms with E-state index in [9.17, 15) is 9.18 Å². The highest BCUT2D eigenvalue weighted by Crippen LogP contribution is 2.28. The van der Waals surface area contributed by atoms with Gasteiger partial charge < -0.3 is 14.0 Å². The monoisotopic (exact) mass is 430 g/mol. The standard InChI is InChI=1S/C23H27FN2O3S/c1-4-28-22(27)18-8-11-21-20(14-18)25-23(26(21)12-5-13-29-16(2)3)30-15-17-6-9-19(24)10-7-17/h6-11,14,16H,4-5,12-13,15H2,1-3H3. The lowest BCUT2D eigenvalue weighted by atomic mass is 10.2. The van der Waals surface area contributed by atoms with Gasteiger partial charge in [0.15, 0.2) is 5.16 Å². The third-order valence-electron chi connectivity index (χ3n) is 4.48. The first-order valence-electron chi connectivity index (χ1n) is 10.1. The Morgan fingerprint density at radius 1 is 1.20 bits per heavy atom. The van der Waals surface area contributed by atoms with Crippen LogP contribution in [0.3, 0.4) is 0 Å². The molecule has 0 N–H and O–H groups in total. The number of hydrogen-bond acceptors (Lipinski definition) is 5. The molecular weight excluding hydrogens is 403 g/mol. The quantitative estimate of drug-likeness (QED) is 0.243.